The second kappa shape index (κ2) is 6.09. The lowest BCUT2D eigenvalue weighted by atomic mass is 9.87. The highest BCUT2D eigenvalue weighted by Gasteiger charge is 2.54. The molecule has 3 aromatic rings. The van der Waals surface area contributed by atoms with E-state index in [4.69, 9.17) is 0 Å². The maximum absolute atomic E-state index is 13.9. The molecule has 0 bridgehead atoms. The van der Waals surface area contributed by atoms with Crippen molar-refractivity contribution in [3.63, 3.8) is 0 Å². The topological polar surface area (TPSA) is 83.1 Å². The third-order valence-electron chi connectivity index (χ3n) is 5.46. The first-order chi connectivity index (χ1) is 13.5. The number of hydrogen-bond donors (Lipinski definition) is 1. The van der Waals surface area contributed by atoms with Gasteiger partial charge in [0.2, 0.25) is 5.78 Å². The molecule has 140 valence electrons. The van der Waals surface area contributed by atoms with Crippen molar-refractivity contribution in [3.8, 4) is 0 Å². The Hall–Kier alpha value is -3.35. The number of carbonyl (C=O) groups excluding carboxylic acids is 3. The number of nitrogens with one attached hydrogen (secondary N) is 1. The lowest BCUT2D eigenvalue weighted by molar-refractivity contribution is -0.139. The number of amides is 1. The maximum atomic E-state index is 13.9. The third-order valence-corrected chi connectivity index (χ3v) is 5.46. The Kier molecular flexibility index (Phi) is 3.65. The summed E-state index contributed by atoms with van der Waals surface area (Å²) in [5.41, 5.74) is 2.32. The van der Waals surface area contributed by atoms with Gasteiger partial charge in [0, 0.05) is 11.6 Å². The van der Waals surface area contributed by atoms with Gasteiger partial charge in [0.25, 0.3) is 5.91 Å². The van der Waals surface area contributed by atoms with E-state index in [0.717, 1.165) is 18.4 Å². The summed E-state index contributed by atoms with van der Waals surface area (Å²) in [5.74, 6) is -3.47. The normalized spacial score (nSPS) is 22.2. The van der Waals surface area contributed by atoms with Gasteiger partial charge in [-0.05, 0) is 48.7 Å². The van der Waals surface area contributed by atoms with E-state index in [-0.39, 0.29) is 11.7 Å². The minimum atomic E-state index is -1.11. The number of aromatic amines is 1. The summed E-state index contributed by atoms with van der Waals surface area (Å²) in [4.78, 5) is 47.1. The number of fused-ring (bicyclic) bond motifs is 1. The molecule has 1 amide bonds. The minimum absolute atomic E-state index is 0.187. The van der Waals surface area contributed by atoms with E-state index in [9.17, 15) is 18.8 Å². The van der Waals surface area contributed by atoms with Gasteiger partial charge in [-0.1, -0.05) is 12.1 Å². The van der Waals surface area contributed by atoms with Crippen molar-refractivity contribution in [1.29, 1.82) is 0 Å². The van der Waals surface area contributed by atoms with Crippen LogP contribution in [0.4, 0.5) is 10.1 Å². The summed E-state index contributed by atoms with van der Waals surface area (Å²) in [5, 5.41) is 0. The second-order valence-electron chi connectivity index (χ2n) is 7.30. The number of halogens is 1. The monoisotopic (exact) mass is 377 g/mol. The first kappa shape index (κ1) is 16.8. The van der Waals surface area contributed by atoms with Gasteiger partial charge in [-0.2, -0.15) is 0 Å². The Morgan fingerprint density at radius 1 is 1.14 bits per heavy atom. The fraction of sp³-hybridized carbons (Fsp3) is 0.238. The van der Waals surface area contributed by atoms with Gasteiger partial charge in [0.1, 0.15) is 17.5 Å². The van der Waals surface area contributed by atoms with Gasteiger partial charge < -0.3 is 4.98 Å². The summed E-state index contributed by atoms with van der Waals surface area (Å²) in [6, 6.07) is 10.0. The first-order valence-electron chi connectivity index (χ1n) is 9.14. The zero-order valence-corrected chi connectivity index (χ0v) is 14.8. The van der Waals surface area contributed by atoms with Crippen LogP contribution >= 0.6 is 0 Å². The largest absolute Gasteiger partial charge is 0.345 e. The number of aromatic nitrogens is 2. The average Bonchev–Trinajstić information content (AvgIpc) is 3.38. The number of H-pyrrole nitrogens is 1. The molecular weight excluding hydrogens is 361 g/mol. The molecule has 2 aromatic carbocycles. The third kappa shape index (κ3) is 2.54. The number of ketones is 2. The van der Waals surface area contributed by atoms with Gasteiger partial charge in [-0.3, -0.25) is 19.3 Å². The molecule has 2 unspecified atom stereocenters. The number of rotatable bonds is 4. The lowest BCUT2D eigenvalue weighted by Gasteiger charge is -2.27. The van der Waals surface area contributed by atoms with E-state index in [1.165, 1.54) is 29.4 Å². The van der Waals surface area contributed by atoms with Crippen molar-refractivity contribution >= 4 is 34.2 Å². The van der Waals surface area contributed by atoms with Crippen molar-refractivity contribution in [2.24, 2.45) is 11.8 Å². The van der Waals surface area contributed by atoms with Gasteiger partial charge in [-0.25, -0.2) is 9.37 Å². The van der Waals surface area contributed by atoms with Crippen LogP contribution in [0.3, 0.4) is 0 Å². The Labute approximate surface area is 159 Å². The highest BCUT2D eigenvalue weighted by Crippen LogP contribution is 2.44. The Morgan fingerprint density at radius 3 is 2.71 bits per heavy atom. The van der Waals surface area contributed by atoms with E-state index in [0.29, 0.717) is 16.8 Å². The number of Topliss-reactive ketones (excluding diaryl/α,β-unsaturated/α-hetero) is 2. The van der Waals surface area contributed by atoms with Crippen molar-refractivity contribution < 1.29 is 18.8 Å². The molecule has 28 heavy (non-hydrogen) atoms. The molecule has 5 rings (SSSR count). The van der Waals surface area contributed by atoms with Crippen molar-refractivity contribution in [2.75, 3.05) is 4.90 Å². The SMILES string of the molecule is O=C1C(=O)N(c2ccc3nc[nH]c3c2)C(c2cccc(F)c2)C1C(=O)C1CC1. The number of nitrogens with zero attached hydrogens (tertiary/aromatic N) is 2. The van der Waals surface area contributed by atoms with E-state index in [1.807, 2.05) is 0 Å². The number of carbonyl (C=O) groups is 3. The molecule has 6 nitrogen and oxygen atoms in total. The molecule has 0 spiro atoms. The van der Waals surface area contributed by atoms with Gasteiger partial charge >= 0.3 is 0 Å². The van der Waals surface area contributed by atoms with E-state index in [1.54, 1.807) is 24.3 Å². The highest BCUT2D eigenvalue weighted by atomic mass is 19.1. The molecule has 1 saturated carbocycles. The fourth-order valence-electron chi connectivity index (χ4n) is 3.96. The maximum Gasteiger partial charge on any atom is 0.295 e. The van der Waals surface area contributed by atoms with Crippen molar-refractivity contribution in [3.05, 3.63) is 60.2 Å². The molecule has 1 N–H and O–H groups in total. The molecule has 1 aliphatic heterocycles. The van der Waals surface area contributed by atoms with Crippen LogP contribution in [0.15, 0.2) is 48.8 Å². The molecule has 2 atom stereocenters. The summed E-state index contributed by atoms with van der Waals surface area (Å²) in [6.07, 6.45) is 2.99. The number of anilines is 1. The molecule has 0 radical (unpaired) electrons. The second-order valence-corrected chi connectivity index (χ2v) is 7.30. The first-order valence-corrected chi connectivity index (χ1v) is 9.14. The minimum Gasteiger partial charge on any atom is -0.345 e. The molecule has 2 fully saturated rings. The Balaban J connectivity index is 1.67. The number of benzene rings is 2. The molecule has 7 heteroatoms. The fourth-order valence-corrected chi connectivity index (χ4v) is 3.96. The summed E-state index contributed by atoms with van der Waals surface area (Å²) < 4.78 is 13.9. The highest BCUT2D eigenvalue weighted by molar-refractivity contribution is 6.48. The van der Waals surface area contributed by atoms with Gasteiger partial charge in [0.15, 0.2) is 0 Å². The number of hydrogen-bond acceptors (Lipinski definition) is 4. The summed E-state index contributed by atoms with van der Waals surface area (Å²) >= 11 is 0. The van der Waals surface area contributed by atoms with Crippen LogP contribution in [0.5, 0.6) is 0 Å². The quantitative estimate of drug-likeness (QED) is 0.560. The van der Waals surface area contributed by atoms with Crippen LogP contribution in [0.25, 0.3) is 11.0 Å². The van der Waals surface area contributed by atoms with Crippen LogP contribution in [-0.2, 0) is 14.4 Å². The smallest absolute Gasteiger partial charge is 0.295 e. The summed E-state index contributed by atoms with van der Waals surface area (Å²) in [6.45, 7) is 0. The molecular formula is C21H16FN3O3. The zero-order chi connectivity index (χ0) is 19.4. The Morgan fingerprint density at radius 2 is 1.96 bits per heavy atom. The molecule has 1 aliphatic carbocycles. The summed E-state index contributed by atoms with van der Waals surface area (Å²) in [7, 11) is 0. The molecule has 2 heterocycles. The van der Waals surface area contributed by atoms with Gasteiger partial charge in [-0.15, -0.1) is 0 Å². The number of imidazole rings is 1. The zero-order valence-electron chi connectivity index (χ0n) is 14.8. The van der Waals surface area contributed by atoms with Gasteiger partial charge in [0.05, 0.1) is 23.4 Å². The van der Waals surface area contributed by atoms with Crippen molar-refractivity contribution in [1.82, 2.24) is 9.97 Å². The van der Waals surface area contributed by atoms with Crippen LogP contribution in [-0.4, -0.2) is 27.4 Å². The van der Waals surface area contributed by atoms with Crippen LogP contribution < -0.4 is 4.90 Å². The molecule has 2 aliphatic rings. The van der Waals surface area contributed by atoms with E-state index in [2.05, 4.69) is 9.97 Å². The standard InChI is InChI=1S/C21H16FN3O3/c22-13-3-1-2-12(8-13)18-17(19(26)11-4-5-11)20(27)21(28)25(18)14-6-7-15-16(9-14)24-10-23-15/h1-3,6-11,17-18H,4-5H2,(H,23,24). The predicted octanol–water partition coefficient (Wildman–Crippen LogP) is 2.95. The average molecular weight is 377 g/mol. The van der Waals surface area contributed by atoms with E-state index < -0.39 is 29.5 Å². The van der Waals surface area contributed by atoms with Crippen LogP contribution in [0, 0.1) is 17.7 Å². The van der Waals surface area contributed by atoms with Crippen LogP contribution in [0.1, 0.15) is 24.4 Å². The van der Waals surface area contributed by atoms with Crippen LogP contribution in [0.2, 0.25) is 0 Å². The lowest BCUT2D eigenvalue weighted by Crippen LogP contribution is -2.31. The van der Waals surface area contributed by atoms with Crippen molar-refractivity contribution in [2.45, 2.75) is 18.9 Å². The molecule has 1 aromatic heterocycles. The molecule has 1 saturated heterocycles. The predicted molar refractivity (Wildman–Crippen MR) is 98.9 cm³/mol. The van der Waals surface area contributed by atoms with E-state index >= 15 is 0 Å². The Bertz CT molecular complexity index is 1130.